The van der Waals surface area contributed by atoms with E-state index in [1.54, 1.807) is 0 Å². The molecule has 1 saturated heterocycles. The van der Waals surface area contributed by atoms with Gasteiger partial charge in [0.1, 0.15) is 4.90 Å². The molecule has 2 rings (SSSR count). The van der Waals surface area contributed by atoms with Gasteiger partial charge in [-0.1, -0.05) is 37.0 Å². The van der Waals surface area contributed by atoms with Crippen molar-refractivity contribution in [1.29, 1.82) is 0 Å². The monoisotopic (exact) mass is 369 g/mol. The van der Waals surface area contributed by atoms with Crippen LogP contribution in [-0.2, 0) is 15.9 Å². The van der Waals surface area contributed by atoms with Gasteiger partial charge in [-0.25, -0.2) is 8.42 Å². The van der Waals surface area contributed by atoms with Crippen LogP contribution in [0, 0.1) is 11.8 Å². The van der Waals surface area contributed by atoms with Crippen molar-refractivity contribution in [3.05, 3.63) is 27.7 Å². The molecule has 0 bridgehead atoms. The molecule has 1 fully saturated rings. The van der Waals surface area contributed by atoms with Crippen LogP contribution >= 0.6 is 34.8 Å². The fourth-order valence-corrected chi connectivity index (χ4v) is 5.17. The molecular formula is C14H18Cl3NO2S. The van der Waals surface area contributed by atoms with Crippen LogP contribution in [0.5, 0.6) is 0 Å². The maximum atomic E-state index is 12.8. The Kier molecular flexibility index (Phi) is 5.48. The molecule has 0 aliphatic carbocycles. The van der Waals surface area contributed by atoms with E-state index < -0.39 is 10.0 Å². The molecular weight excluding hydrogens is 353 g/mol. The molecule has 0 N–H and O–H groups in total. The predicted octanol–water partition coefficient (Wildman–Crippen LogP) is 4.40. The van der Waals surface area contributed by atoms with E-state index in [4.69, 9.17) is 34.8 Å². The number of benzene rings is 1. The molecule has 21 heavy (non-hydrogen) atoms. The standard InChI is InChI=1S/C14H18Cl3NO2S/c1-9(2)10-3-4-18(8-10)21(19,20)14-5-11(7-15)12(16)6-13(14)17/h5-6,9-10H,3-4,7-8H2,1-2H3. The van der Waals surface area contributed by atoms with Crippen molar-refractivity contribution in [3.8, 4) is 0 Å². The van der Waals surface area contributed by atoms with Crippen LogP contribution in [0.4, 0.5) is 0 Å². The molecule has 1 unspecified atom stereocenters. The molecule has 118 valence electrons. The summed E-state index contributed by atoms with van der Waals surface area (Å²) in [5, 5.41) is 0.525. The lowest BCUT2D eigenvalue weighted by molar-refractivity contribution is 0.388. The van der Waals surface area contributed by atoms with Gasteiger partial charge >= 0.3 is 0 Å². The van der Waals surface area contributed by atoms with Gasteiger partial charge in [-0.3, -0.25) is 0 Å². The Morgan fingerprint density at radius 2 is 1.95 bits per heavy atom. The Labute approximate surface area is 141 Å². The first kappa shape index (κ1) is 17.4. The Morgan fingerprint density at radius 3 is 2.48 bits per heavy atom. The Bertz CT molecular complexity index is 631. The molecule has 0 amide bonds. The van der Waals surface area contributed by atoms with Crippen molar-refractivity contribution in [1.82, 2.24) is 4.31 Å². The first-order valence-electron chi connectivity index (χ1n) is 6.81. The summed E-state index contributed by atoms with van der Waals surface area (Å²) in [6.45, 7) is 5.29. The van der Waals surface area contributed by atoms with Gasteiger partial charge in [-0.05, 0) is 36.0 Å². The molecule has 1 aliphatic heterocycles. The van der Waals surface area contributed by atoms with Crippen molar-refractivity contribution < 1.29 is 8.42 Å². The molecule has 1 aromatic carbocycles. The highest BCUT2D eigenvalue weighted by atomic mass is 35.5. The van der Waals surface area contributed by atoms with E-state index in [0.717, 1.165) is 6.42 Å². The number of nitrogens with zero attached hydrogens (tertiary/aromatic N) is 1. The third kappa shape index (κ3) is 3.50. The minimum Gasteiger partial charge on any atom is -0.207 e. The van der Waals surface area contributed by atoms with Crippen LogP contribution < -0.4 is 0 Å². The smallest absolute Gasteiger partial charge is 0.207 e. The molecule has 0 spiro atoms. The van der Waals surface area contributed by atoms with E-state index in [2.05, 4.69) is 13.8 Å². The van der Waals surface area contributed by atoms with Crippen molar-refractivity contribution in [2.45, 2.75) is 31.0 Å². The molecule has 1 heterocycles. The first-order chi connectivity index (χ1) is 9.77. The molecule has 1 aromatic rings. The molecule has 0 radical (unpaired) electrons. The third-order valence-electron chi connectivity index (χ3n) is 3.99. The lowest BCUT2D eigenvalue weighted by atomic mass is 9.96. The zero-order valence-electron chi connectivity index (χ0n) is 11.9. The van der Waals surface area contributed by atoms with Gasteiger partial charge in [0, 0.05) is 24.0 Å². The van der Waals surface area contributed by atoms with Gasteiger partial charge in [0.15, 0.2) is 0 Å². The van der Waals surface area contributed by atoms with Crippen LogP contribution in [-0.4, -0.2) is 25.8 Å². The van der Waals surface area contributed by atoms with Gasteiger partial charge in [0.25, 0.3) is 0 Å². The molecule has 1 aliphatic rings. The van der Waals surface area contributed by atoms with Gasteiger partial charge in [-0.2, -0.15) is 4.31 Å². The molecule has 1 atom stereocenters. The van der Waals surface area contributed by atoms with Crippen LogP contribution in [0.25, 0.3) is 0 Å². The number of sulfonamides is 1. The minimum atomic E-state index is -3.60. The van der Waals surface area contributed by atoms with E-state index in [0.29, 0.717) is 35.5 Å². The fourth-order valence-electron chi connectivity index (χ4n) is 2.53. The number of rotatable bonds is 4. The number of hydrogen-bond donors (Lipinski definition) is 0. The van der Waals surface area contributed by atoms with E-state index >= 15 is 0 Å². The quantitative estimate of drug-likeness (QED) is 0.737. The topological polar surface area (TPSA) is 37.4 Å². The van der Waals surface area contributed by atoms with Crippen molar-refractivity contribution in [3.63, 3.8) is 0 Å². The largest absolute Gasteiger partial charge is 0.244 e. The van der Waals surface area contributed by atoms with Gasteiger partial charge < -0.3 is 0 Å². The highest BCUT2D eigenvalue weighted by Crippen LogP contribution is 2.34. The Hall–Kier alpha value is -0.000000000000000111. The number of hydrogen-bond acceptors (Lipinski definition) is 2. The van der Waals surface area contributed by atoms with Gasteiger partial charge in [0.2, 0.25) is 10.0 Å². The lowest BCUT2D eigenvalue weighted by Gasteiger charge is -2.19. The molecule has 3 nitrogen and oxygen atoms in total. The van der Waals surface area contributed by atoms with Crippen molar-refractivity contribution in [2.24, 2.45) is 11.8 Å². The summed E-state index contributed by atoms with van der Waals surface area (Å²) < 4.78 is 27.0. The minimum absolute atomic E-state index is 0.0913. The summed E-state index contributed by atoms with van der Waals surface area (Å²) in [7, 11) is -3.60. The maximum Gasteiger partial charge on any atom is 0.244 e. The van der Waals surface area contributed by atoms with Crippen molar-refractivity contribution in [2.75, 3.05) is 13.1 Å². The first-order valence-corrected chi connectivity index (χ1v) is 9.54. The second-order valence-corrected chi connectivity index (χ2v) is 8.65. The molecule has 0 aromatic heterocycles. The van der Waals surface area contributed by atoms with Crippen LogP contribution in [0.1, 0.15) is 25.8 Å². The molecule has 0 saturated carbocycles. The van der Waals surface area contributed by atoms with E-state index in [9.17, 15) is 8.42 Å². The van der Waals surface area contributed by atoms with E-state index in [1.165, 1.54) is 16.4 Å². The average Bonchev–Trinajstić information content (AvgIpc) is 2.89. The third-order valence-corrected chi connectivity index (χ3v) is 6.96. The van der Waals surface area contributed by atoms with Gasteiger partial charge in [-0.15, -0.1) is 11.6 Å². The predicted molar refractivity (Wildman–Crippen MR) is 87.7 cm³/mol. The second kappa shape index (κ2) is 6.63. The fraction of sp³-hybridized carbons (Fsp3) is 0.571. The normalized spacial score (nSPS) is 20.4. The summed E-state index contributed by atoms with van der Waals surface area (Å²) in [4.78, 5) is 0.0913. The summed E-state index contributed by atoms with van der Waals surface area (Å²) >= 11 is 17.9. The summed E-state index contributed by atoms with van der Waals surface area (Å²) in [6, 6.07) is 2.93. The summed E-state index contributed by atoms with van der Waals surface area (Å²) in [5.74, 6) is 0.996. The van der Waals surface area contributed by atoms with Crippen molar-refractivity contribution >= 4 is 44.8 Å². The highest BCUT2D eigenvalue weighted by Gasteiger charge is 2.35. The zero-order chi connectivity index (χ0) is 15.8. The highest BCUT2D eigenvalue weighted by molar-refractivity contribution is 7.89. The van der Waals surface area contributed by atoms with E-state index in [-0.39, 0.29) is 15.8 Å². The Morgan fingerprint density at radius 1 is 1.29 bits per heavy atom. The zero-order valence-corrected chi connectivity index (χ0v) is 15.0. The number of alkyl halides is 1. The lowest BCUT2D eigenvalue weighted by Crippen LogP contribution is -2.29. The van der Waals surface area contributed by atoms with Crippen LogP contribution in [0.2, 0.25) is 10.0 Å². The van der Waals surface area contributed by atoms with Crippen LogP contribution in [0.15, 0.2) is 17.0 Å². The van der Waals surface area contributed by atoms with Gasteiger partial charge in [0.05, 0.1) is 5.02 Å². The van der Waals surface area contributed by atoms with E-state index in [1.807, 2.05) is 0 Å². The Balaban J connectivity index is 2.37. The SMILES string of the molecule is CC(C)C1CCN(S(=O)(=O)c2cc(CCl)c(Cl)cc2Cl)C1. The average molecular weight is 371 g/mol. The number of halogens is 3. The summed E-state index contributed by atoms with van der Waals surface area (Å²) in [6.07, 6.45) is 0.879. The summed E-state index contributed by atoms with van der Waals surface area (Å²) in [5.41, 5.74) is 0.570. The maximum absolute atomic E-state index is 12.8. The van der Waals surface area contributed by atoms with Crippen LogP contribution in [0.3, 0.4) is 0 Å². The molecule has 7 heteroatoms. The second-order valence-electron chi connectivity index (χ2n) is 5.66.